The molecule has 1 N–H and O–H groups in total. The molecule has 3 aromatic rings. The van der Waals surface area contributed by atoms with Gasteiger partial charge in [0.05, 0.1) is 16.7 Å². The fourth-order valence-electron chi connectivity index (χ4n) is 3.19. The van der Waals surface area contributed by atoms with Crippen LogP contribution in [-0.4, -0.2) is 50.4 Å². The van der Waals surface area contributed by atoms with E-state index in [9.17, 15) is 18.0 Å². The molecule has 1 aliphatic heterocycles. The molecule has 0 unspecified atom stereocenters. The molecule has 0 spiro atoms. The SMILES string of the molecule is O=C(Cn1nnc(-c2cccc(C(F)(F)F)c2)n1)N/N=C/c1sc(N2CCCCC2)nc1Cl. The van der Waals surface area contributed by atoms with E-state index < -0.39 is 17.6 Å². The van der Waals surface area contributed by atoms with Gasteiger partial charge in [0, 0.05) is 18.7 Å². The van der Waals surface area contributed by atoms with Gasteiger partial charge in [-0.1, -0.05) is 35.1 Å². The molecular formula is C19H18ClF3N8OS. The van der Waals surface area contributed by atoms with E-state index in [1.54, 1.807) is 0 Å². The molecule has 1 aliphatic rings. The third-order valence-corrected chi connectivity index (χ3v) is 6.23. The van der Waals surface area contributed by atoms with Crippen LogP contribution in [0.15, 0.2) is 29.4 Å². The zero-order valence-corrected chi connectivity index (χ0v) is 18.7. The van der Waals surface area contributed by atoms with Gasteiger partial charge < -0.3 is 4.90 Å². The van der Waals surface area contributed by atoms with Crippen LogP contribution in [0.5, 0.6) is 0 Å². The number of anilines is 1. The molecule has 0 saturated carbocycles. The number of hydrogen-bond donors (Lipinski definition) is 1. The number of halogens is 4. The molecule has 1 fully saturated rings. The number of alkyl halides is 3. The predicted octanol–water partition coefficient (Wildman–Crippen LogP) is 3.61. The highest BCUT2D eigenvalue weighted by atomic mass is 35.5. The summed E-state index contributed by atoms with van der Waals surface area (Å²) < 4.78 is 38.6. The zero-order chi connectivity index (χ0) is 23.4. The number of benzene rings is 1. The van der Waals surface area contributed by atoms with Crippen LogP contribution in [0.1, 0.15) is 29.7 Å². The van der Waals surface area contributed by atoms with Crippen LogP contribution in [0.2, 0.25) is 5.15 Å². The van der Waals surface area contributed by atoms with Gasteiger partial charge in [-0.05, 0) is 36.6 Å². The molecule has 2 aromatic heterocycles. The minimum Gasteiger partial charge on any atom is -0.348 e. The van der Waals surface area contributed by atoms with Gasteiger partial charge in [-0.2, -0.15) is 23.1 Å². The maximum atomic E-state index is 12.9. The summed E-state index contributed by atoms with van der Waals surface area (Å²) in [5.41, 5.74) is 1.65. The molecule has 1 aromatic carbocycles. The second-order valence-electron chi connectivity index (χ2n) is 7.21. The second-order valence-corrected chi connectivity index (χ2v) is 8.58. The minimum atomic E-state index is -4.49. The molecule has 14 heteroatoms. The highest BCUT2D eigenvalue weighted by Gasteiger charge is 2.30. The number of piperidine rings is 1. The molecule has 1 saturated heterocycles. The standard InChI is InChI=1S/C19H18ClF3N8OS/c20-16-14(33-18(25-16)30-7-2-1-3-8-30)10-24-26-15(32)11-31-28-17(27-29-31)12-5-4-6-13(9-12)19(21,22)23/h4-6,9-10H,1-3,7-8,11H2,(H,26,32)/b24-10+. The fourth-order valence-corrected chi connectivity index (χ4v) is 4.36. The molecular weight excluding hydrogens is 481 g/mol. The van der Waals surface area contributed by atoms with Crippen molar-refractivity contribution in [1.29, 1.82) is 0 Å². The first-order valence-electron chi connectivity index (χ1n) is 9.98. The molecule has 33 heavy (non-hydrogen) atoms. The Morgan fingerprint density at radius 1 is 1.27 bits per heavy atom. The summed E-state index contributed by atoms with van der Waals surface area (Å²) in [5, 5.41) is 16.4. The molecule has 3 heterocycles. The number of nitrogens with one attached hydrogen (secondary N) is 1. The number of rotatable bonds is 6. The predicted molar refractivity (Wildman–Crippen MR) is 117 cm³/mol. The van der Waals surface area contributed by atoms with E-state index in [0.717, 1.165) is 48.0 Å². The normalized spacial score (nSPS) is 14.7. The lowest BCUT2D eigenvalue weighted by atomic mass is 10.1. The highest BCUT2D eigenvalue weighted by Crippen LogP contribution is 2.31. The van der Waals surface area contributed by atoms with E-state index in [1.165, 1.54) is 36.1 Å². The third kappa shape index (κ3) is 5.85. The van der Waals surface area contributed by atoms with Gasteiger partial charge in [0.2, 0.25) is 5.82 Å². The van der Waals surface area contributed by atoms with Gasteiger partial charge in [0.15, 0.2) is 10.3 Å². The Morgan fingerprint density at radius 2 is 2.06 bits per heavy atom. The monoisotopic (exact) mass is 498 g/mol. The summed E-state index contributed by atoms with van der Waals surface area (Å²) in [6, 6.07) is 4.55. The van der Waals surface area contributed by atoms with Crippen molar-refractivity contribution in [3.8, 4) is 11.4 Å². The van der Waals surface area contributed by atoms with Crippen LogP contribution in [0.3, 0.4) is 0 Å². The first kappa shape index (κ1) is 23.1. The highest BCUT2D eigenvalue weighted by molar-refractivity contribution is 7.17. The molecule has 0 bridgehead atoms. The van der Waals surface area contributed by atoms with Crippen molar-refractivity contribution < 1.29 is 18.0 Å². The van der Waals surface area contributed by atoms with Crippen molar-refractivity contribution >= 4 is 40.2 Å². The van der Waals surface area contributed by atoms with E-state index in [4.69, 9.17) is 11.6 Å². The van der Waals surface area contributed by atoms with Gasteiger partial charge in [-0.25, -0.2) is 10.4 Å². The van der Waals surface area contributed by atoms with Crippen LogP contribution in [0, 0.1) is 0 Å². The van der Waals surface area contributed by atoms with Crippen molar-refractivity contribution in [1.82, 2.24) is 30.6 Å². The van der Waals surface area contributed by atoms with E-state index >= 15 is 0 Å². The number of thiazole rings is 1. The lowest BCUT2D eigenvalue weighted by Crippen LogP contribution is -2.29. The van der Waals surface area contributed by atoms with Gasteiger partial charge in [-0.15, -0.1) is 10.2 Å². The van der Waals surface area contributed by atoms with Crippen LogP contribution in [-0.2, 0) is 17.5 Å². The largest absolute Gasteiger partial charge is 0.416 e. The van der Waals surface area contributed by atoms with Crippen molar-refractivity contribution in [2.45, 2.75) is 32.0 Å². The Bertz CT molecular complexity index is 1160. The quantitative estimate of drug-likeness (QED) is 0.411. The van der Waals surface area contributed by atoms with Crippen LogP contribution in [0.25, 0.3) is 11.4 Å². The molecule has 1 amide bonds. The van der Waals surface area contributed by atoms with E-state index in [1.807, 2.05) is 0 Å². The lowest BCUT2D eigenvalue weighted by Gasteiger charge is -2.25. The average molecular weight is 499 g/mol. The number of hydrazone groups is 1. The second kappa shape index (κ2) is 9.83. The summed E-state index contributed by atoms with van der Waals surface area (Å²) in [7, 11) is 0. The van der Waals surface area contributed by atoms with Crippen LogP contribution >= 0.6 is 22.9 Å². The average Bonchev–Trinajstić information content (AvgIpc) is 3.41. The summed E-state index contributed by atoms with van der Waals surface area (Å²) in [6.07, 6.45) is 0.358. The van der Waals surface area contributed by atoms with Gasteiger partial charge in [-0.3, -0.25) is 4.79 Å². The Hall–Kier alpha value is -3.06. The summed E-state index contributed by atoms with van der Waals surface area (Å²) in [6.45, 7) is 1.55. The minimum absolute atomic E-state index is 0.0286. The third-order valence-electron chi connectivity index (χ3n) is 4.78. The number of carbonyl (C=O) groups excluding carboxylic acids is 1. The van der Waals surface area contributed by atoms with Crippen LogP contribution < -0.4 is 10.3 Å². The molecule has 4 rings (SSSR count). The molecule has 0 radical (unpaired) electrons. The van der Waals surface area contributed by atoms with Gasteiger partial charge in [0.1, 0.15) is 6.54 Å². The molecule has 0 atom stereocenters. The zero-order valence-electron chi connectivity index (χ0n) is 17.1. The Labute approximate surface area is 195 Å². The summed E-state index contributed by atoms with van der Waals surface area (Å²) in [5.74, 6) is -0.574. The number of aromatic nitrogens is 5. The number of hydrogen-bond acceptors (Lipinski definition) is 8. The number of carbonyl (C=O) groups is 1. The number of nitrogens with zero attached hydrogens (tertiary/aromatic N) is 7. The van der Waals surface area contributed by atoms with Gasteiger partial charge >= 0.3 is 6.18 Å². The lowest BCUT2D eigenvalue weighted by molar-refractivity contribution is -0.137. The Balaban J connectivity index is 1.34. The molecule has 9 nitrogen and oxygen atoms in total. The first-order valence-corrected chi connectivity index (χ1v) is 11.2. The summed E-state index contributed by atoms with van der Waals surface area (Å²) >= 11 is 7.56. The van der Waals surface area contributed by atoms with Crippen LogP contribution in [0.4, 0.5) is 18.3 Å². The maximum absolute atomic E-state index is 12.9. The Kier molecular flexibility index (Phi) is 6.88. The van der Waals surface area contributed by atoms with E-state index in [2.05, 4.69) is 35.8 Å². The fraction of sp³-hybridized carbons (Fsp3) is 0.368. The van der Waals surface area contributed by atoms with Gasteiger partial charge in [0.25, 0.3) is 5.91 Å². The van der Waals surface area contributed by atoms with Crippen molar-refractivity contribution in [3.05, 3.63) is 39.9 Å². The maximum Gasteiger partial charge on any atom is 0.416 e. The first-order chi connectivity index (χ1) is 15.8. The number of amides is 1. The van der Waals surface area contributed by atoms with Crippen molar-refractivity contribution in [2.75, 3.05) is 18.0 Å². The van der Waals surface area contributed by atoms with Crippen molar-refractivity contribution in [3.63, 3.8) is 0 Å². The van der Waals surface area contributed by atoms with Crippen molar-refractivity contribution in [2.24, 2.45) is 5.10 Å². The Morgan fingerprint density at radius 3 is 2.82 bits per heavy atom. The topological polar surface area (TPSA) is 101 Å². The number of tetrazole rings is 1. The summed E-state index contributed by atoms with van der Waals surface area (Å²) in [4.78, 5) is 20.2. The smallest absolute Gasteiger partial charge is 0.348 e. The van der Waals surface area contributed by atoms with E-state index in [-0.39, 0.29) is 17.9 Å². The molecule has 0 aliphatic carbocycles. The van der Waals surface area contributed by atoms with E-state index in [0.29, 0.717) is 10.0 Å². The molecule has 174 valence electrons.